The molecule has 1 fully saturated rings. The third-order valence-electron chi connectivity index (χ3n) is 4.54. The molecule has 2 rings (SSSR count). The molecule has 1 unspecified atom stereocenters. The van der Waals surface area contributed by atoms with E-state index in [0.29, 0.717) is 6.42 Å². The smallest absolute Gasteiger partial charge is 0.160 e. The molecule has 0 saturated carbocycles. The zero-order valence-corrected chi connectivity index (χ0v) is 12.9. The summed E-state index contributed by atoms with van der Waals surface area (Å²) < 4.78 is 1.86. The van der Waals surface area contributed by atoms with Gasteiger partial charge in [0, 0.05) is 6.54 Å². The number of likely N-dealkylation sites (tertiary alicyclic amines) is 1. The molecule has 5 nitrogen and oxygen atoms in total. The zero-order valence-electron chi connectivity index (χ0n) is 12.9. The van der Waals surface area contributed by atoms with Gasteiger partial charge >= 0.3 is 0 Å². The molecule has 2 heterocycles. The first-order valence-corrected chi connectivity index (χ1v) is 7.76. The summed E-state index contributed by atoms with van der Waals surface area (Å²) in [7, 11) is 0. The fourth-order valence-electron chi connectivity index (χ4n) is 2.97. The van der Waals surface area contributed by atoms with Gasteiger partial charge in [0.2, 0.25) is 0 Å². The van der Waals surface area contributed by atoms with Crippen molar-refractivity contribution in [3.8, 4) is 0 Å². The minimum Gasteiger partial charge on any atom is -0.297 e. The Hall–Kier alpha value is -1.23. The van der Waals surface area contributed by atoms with Gasteiger partial charge in [0.15, 0.2) is 5.78 Å². The summed E-state index contributed by atoms with van der Waals surface area (Å²) in [6.45, 7) is 9.20. The summed E-state index contributed by atoms with van der Waals surface area (Å²) in [5.74, 6) is 1.07. The van der Waals surface area contributed by atoms with E-state index in [0.717, 1.165) is 38.3 Å². The first-order valence-electron chi connectivity index (χ1n) is 7.76. The van der Waals surface area contributed by atoms with E-state index in [2.05, 4.69) is 35.8 Å². The van der Waals surface area contributed by atoms with Crippen molar-refractivity contribution in [2.45, 2.75) is 65.0 Å². The summed E-state index contributed by atoms with van der Waals surface area (Å²) in [4.78, 5) is 19.4. The van der Waals surface area contributed by atoms with Gasteiger partial charge in [0.05, 0.1) is 12.0 Å². The molecular formula is C15H26N4O. The van der Waals surface area contributed by atoms with Crippen molar-refractivity contribution in [2.75, 3.05) is 13.1 Å². The number of Topliss-reactive ketones (excluding diaryl/α,β-unsaturated/α-hetero) is 1. The fourth-order valence-corrected chi connectivity index (χ4v) is 2.97. The Morgan fingerprint density at radius 3 is 2.65 bits per heavy atom. The number of aryl methyl sites for hydroxylation is 1. The molecule has 20 heavy (non-hydrogen) atoms. The Morgan fingerprint density at radius 1 is 1.35 bits per heavy atom. The monoisotopic (exact) mass is 278 g/mol. The van der Waals surface area contributed by atoms with Crippen LogP contribution in [-0.4, -0.2) is 44.1 Å². The molecule has 0 amide bonds. The summed E-state index contributed by atoms with van der Waals surface area (Å²) in [6, 6.07) is 0. The van der Waals surface area contributed by atoms with Gasteiger partial charge in [-0.2, -0.15) is 5.10 Å². The largest absolute Gasteiger partial charge is 0.297 e. The number of carbonyl (C=O) groups excluding carboxylic acids is 1. The van der Waals surface area contributed by atoms with Crippen molar-refractivity contribution in [2.24, 2.45) is 0 Å². The van der Waals surface area contributed by atoms with E-state index in [1.807, 2.05) is 4.68 Å². The van der Waals surface area contributed by atoms with Crippen LogP contribution in [0.15, 0.2) is 6.33 Å². The SMILES string of the molecule is CCCn1ncnc1CC(=O)C(C)(CC)N1CCCC1. The molecule has 112 valence electrons. The Morgan fingerprint density at radius 2 is 2.05 bits per heavy atom. The van der Waals surface area contributed by atoms with Crippen LogP contribution < -0.4 is 0 Å². The van der Waals surface area contributed by atoms with Crippen molar-refractivity contribution in [3.63, 3.8) is 0 Å². The van der Waals surface area contributed by atoms with Crippen LogP contribution in [0.5, 0.6) is 0 Å². The number of ketones is 1. The zero-order chi connectivity index (χ0) is 14.6. The Labute approximate surface area is 121 Å². The van der Waals surface area contributed by atoms with Crippen molar-refractivity contribution in [3.05, 3.63) is 12.2 Å². The Bertz CT molecular complexity index is 450. The number of aromatic nitrogens is 3. The van der Waals surface area contributed by atoms with Gasteiger partial charge in [-0.15, -0.1) is 0 Å². The van der Waals surface area contributed by atoms with E-state index in [9.17, 15) is 4.79 Å². The maximum Gasteiger partial charge on any atom is 0.160 e. The van der Waals surface area contributed by atoms with Crippen molar-refractivity contribution in [1.82, 2.24) is 19.7 Å². The molecule has 1 atom stereocenters. The van der Waals surface area contributed by atoms with E-state index in [4.69, 9.17) is 0 Å². The molecule has 1 aromatic heterocycles. The summed E-state index contributed by atoms with van der Waals surface area (Å²) in [5, 5.41) is 4.20. The number of rotatable bonds is 7. The lowest BCUT2D eigenvalue weighted by atomic mass is 9.89. The topological polar surface area (TPSA) is 51.0 Å². The second-order valence-corrected chi connectivity index (χ2v) is 5.82. The quantitative estimate of drug-likeness (QED) is 0.766. The minimum absolute atomic E-state index is 0.271. The van der Waals surface area contributed by atoms with Gasteiger partial charge in [-0.1, -0.05) is 13.8 Å². The van der Waals surface area contributed by atoms with Crippen molar-refractivity contribution >= 4 is 5.78 Å². The van der Waals surface area contributed by atoms with Crippen molar-refractivity contribution in [1.29, 1.82) is 0 Å². The summed E-state index contributed by atoms with van der Waals surface area (Å²) >= 11 is 0. The third kappa shape index (κ3) is 2.92. The van der Waals surface area contributed by atoms with Gasteiger partial charge in [-0.25, -0.2) is 9.67 Å². The van der Waals surface area contributed by atoms with Crippen molar-refractivity contribution < 1.29 is 4.79 Å². The van der Waals surface area contributed by atoms with Crippen LogP contribution >= 0.6 is 0 Å². The van der Waals surface area contributed by atoms with E-state index in [1.54, 1.807) is 6.33 Å². The van der Waals surface area contributed by atoms with E-state index in [1.165, 1.54) is 12.8 Å². The molecule has 0 N–H and O–H groups in total. The molecule has 1 aliphatic rings. The third-order valence-corrected chi connectivity index (χ3v) is 4.54. The standard InChI is InChI=1S/C15H26N4O/c1-4-8-19-14(16-12-17-19)11-13(20)15(3,5-2)18-9-6-7-10-18/h12H,4-11H2,1-3H3. The average molecular weight is 278 g/mol. The Kier molecular flexibility index (Phi) is 4.91. The molecule has 0 aliphatic carbocycles. The molecule has 1 aromatic rings. The number of hydrogen-bond acceptors (Lipinski definition) is 4. The average Bonchev–Trinajstić information content (AvgIpc) is 3.10. The maximum atomic E-state index is 12.8. The van der Waals surface area contributed by atoms with Crippen LogP contribution in [0.3, 0.4) is 0 Å². The highest BCUT2D eigenvalue weighted by Gasteiger charge is 2.38. The number of carbonyl (C=O) groups is 1. The number of nitrogens with zero attached hydrogens (tertiary/aromatic N) is 4. The summed E-state index contributed by atoms with van der Waals surface area (Å²) in [5.41, 5.74) is -0.348. The molecule has 1 saturated heterocycles. The highest BCUT2D eigenvalue weighted by molar-refractivity contribution is 5.89. The Balaban J connectivity index is 2.10. The van der Waals surface area contributed by atoms with Crippen LogP contribution in [0.25, 0.3) is 0 Å². The second-order valence-electron chi connectivity index (χ2n) is 5.82. The van der Waals surface area contributed by atoms with Crippen LogP contribution in [0.2, 0.25) is 0 Å². The molecule has 5 heteroatoms. The lowest BCUT2D eigenvalue weighted by Gasteiger charge is -2.36. The van der Waals surface area contributed by atoms with E-state index in [-0.39, 0.29) is 11.3 Å². The summed E-state index contributed by atoms with van der Waals surface area (Å²) in [6.07, 6.45) is 6.21. The maximum absolute atomic E-state index is 12.8. The number of hydrogen-bond donors (Lipinski definition) is 0. The van der Waals surface area contributed by atoms with E-state index >= 15 is 0 Å². The molecular weight excluding hydrogens is 252 g/mol. The minimum atomic E-state index is -0.348. The van der Waals surface area contributed by atoms with Crippen LogP contribution in [0, 0.1) is 0 Å². The van der Waals surface area contributed by atoms with Crippen LogP contribution in [-0.2, 0) is 17.8 Å². The molecule has 0 bridgehead atoms. The van der Waals surface area contributed by atoms with Crippen LogP contribution in [0.4, 0.5) is 0 Å². The molecule has 1 aliphatic heterocycles. The molecule has 0 spiro atoms. The molecule has 0 radical (unpaired) electrons. The van der Waals surface area contributed by atoms with Gasteiger partial charge in [0.1, 0.15) is 12.2 Å². The first-order chi connectivity index (χ1) is 9.61. The van der Waals surface area contributed by atoms with Crippen LogP contribution in [0.1, 0.15) is 52.3 Å². The fraction of sp³-hybridized carbons (Fsp3) is 0.800. The second kappa shape index (κ2) is 6.48. The predicted octanol–water partition coefficient (Wildman–Crippen LogP) is 2.06. The first kappa shape index (κ1) is 15.2. The predicted molar refractivity (Wildman–Crippen MR) is 78.5 cm³/mol. The van der Waals surface area contributed by atoms with E-state index < -0.39 is 0 Å². The van der Waals surface area contributed by atoms with Gasteiger partial charge < -0.3 is 0 Å². The highest BCUT2D eigenvalue weighted by Crippen LogP contribution is 2.26. The highest BCUT2D eigenvalue weighted by atomic mass is 16.1. The lowest BCUT2D eigenvalue weighted by molar-refractivity contribution is -0.129. The van der Waals surface area contributed by atoms with Gasteiger partial charge in [-0.3, -0.25) is 9.69 Å². The lowest BCUT2D eigenvalue weighted by Crippen LogP contribution is -2.51. The van der Waals surface area contributed by atoms with Gasteiger partial charge in [0.25, 0.3) is 0 Å². The molecule has 0 aromatic carbocycles. The normalized spacial score (nSPS) is 19.1. The van der Waals surface area contributed by atoms with Gasteiger partial charge in [-0.05, 0) is 45.7 Å².